The molecule has 1 N–H and O–H groups in total. The molecule has 2 aromatic rings. The maximum absolute atomic E-state index is 3.43. The second kappa shape index (κ2) is 5.86. The van der Waals surface area contributed by atoms with E-state index in [-0.39, 0.29) is 0 Å². The van der Waals surface area contributed by atoms with E-state index in [4.69, 9.17) is 0 Å². The molecule has 94 valence electrons. The van der Waals surface area contributed by atoms with Crippen LogP contribution in [0, 0.1) is 11.2 Å². The molecule has 1 nitrogen and oxygen atoms in total. The van der Waals surface area contributed by atoms with Crippen LogP contribution in [0.4, 0.5) is 5.69 Å². The Balaban J connectivity index is 1.72. The van der Waals surface area contributed by atoms with Crippen molar-refractivity contribution in [3.63, 3.8) is 0 Å². The third kappa shape index (κ3) is 3.13. The first kappa shape index (κ1) is 12.2. The van der Waals surface area contributed by atoms with Crippen molar-refractivity contribution in [2.45, 2.75) is 17.7 Å². The molecular weight excluding hydrogens is 250 g/mol. The highest BCUT2D eigenvalue weighted by atomic mass is 32.2. The third-order valence-corrected chi connectivity index (χ3v) is 3.85. The van der Waals surface area contributed by atoms with Crippen molar-refractivity contribution in [1.82, 2.24) is 0 Å². The van der Waals surface area contributed by atoms with Crippen molar-refractivity contribution in [2.24, 2.45) is 0 Å². The van der Waals surface area contributed by atoms with Crippen molar-refractivity contribution in [3.8, 4) is 11.2 Å². The fraction of sp³-hybridized carbons (Fsp3) is 0.176. The SMILES string of the molecule is C(#Cc1ccccc1)Sc1ccc2c(c1)CCCN2. The van der Waals surface area contributed by atoms with Gasteiger partial charge in [0.15, 0.2) is 0 Å². The first-order chi connectivity index (χ1) is 9.42. The van der Waals surface area contributed by atoms with Gasteiger partial charge in [0, 0.05) is 22.7 Å². The molecule has 1 heterocycles. The van der Waals surface area contributed by atoms with Crippen LogP contribution < -0.4 is 5.32 Å². The van der Waals surface area contributed by atoms with E-state index >= 15 is 0 Å². The molecule has 0 saturated carbocycles. The molecular formula is C17H15NS. The van der Waals surface area contributed by atoms with Crippen LogP contribution in [-0.4, -0.2) is 6.54 Å². The summed E-state index contributed by atoms with van der Waals surface area (Å²) < 4.78 is 0. The molecule has 0 atom stereocenters. The van der Waals surface area contributed by atoms with Crippen LogP contribution >= 0.6 is 11.8 Å². The molecule has 0 bridgehead atoms. The Bertz CT molecular complexity index is 623. The number of nitrogens with one attached hydrogen (secondary N) is 1. The summed E-state index contributed by atoms with van der Waals surface area (Å²) in [5, 5.41) is 6.60. The largest absolute Gasteiger partial charge is 0.385 e. The highest BCUT2D eigenvalue weighted by molar-refractivity contribution is 8.04. The van der Waals surface area contributed by atoms with Gasteiger partial charge in [0.1, 0.15) is 0 Å². The van der Waals surface area contributed by atoms with Crippen LogP contribution in [0.3, 0.4) is 0 Å². The minimum atomic E-state index is 1.06. The van der Waals surface area contributed by atoms with Gasteiger partial charge in [-0.1, -0.05) is 24.1 Å². The van der Waals surface area contributed by atoms with Crippen LogP contribution in [0.5, 0.6) is 0 Å². The molecule has 0 unspecified atom stereocenters. The molecule has 0 fully saturated rings. The molecule has 2 heteroatoms. The van der Waals surface area contributed by atoms with E-state index in [9.17, 15) is 0 Å². The maximum Gasteiger partial charge on any atom is 0.0373 e. The van der Waals surface area contributed by atoms with Crippen LogP contribution in [0.25, 0.3) is 0 Å². The Morgan fingerprint density at radius 2 is 1.95 bits per heavy atom. The summed E-state index contributed by atoms with van der Waals surface area (Å²) in [4.78, 5) is 1.23. The van der Waals surface area contributed by atoms with E-state index in [1.807, 2.05) is 30.3 Å². The summed E-state index contributed by atoms with van der Waals surface area (Å²) in [6, 6.07) is 16.7. The van der Waals surface area contributed by atoms with Gasteiger partial charge in [0.05, 0.1) is 0 Å². The summed E-state index contributed by atoms with van der Waals surface area (Å²) >= 11 is 1.60. The van der Waals surface area contributed by atoms with Gasteiger partial charge in [-0.25, -0.2) is 0 Å². The highest BCUT2D eigenvalue weighted by Gasteiger charge is 2.08. The first-order valence-electron chi connectivity index (χ1n) is 6.51. The number of thioether (sulfide) groups is 1. The molecule has 19 heavy (non-hydrogen) atoms. The van der Waals surface area contributed by atoms with E-state index in [0.29, 0.717) is 0 Å². The average molecular weight is 265 g/mol. The zero-order valence-electron chi connectivity index (χ0n) is 10.6. The Morgan fingerprint density at radius 3 is 2.84 bits per heavy atom. The van der Waals surface area contributed by atoms with Crippen molar-refractivity contribution in [3.05, 3.63) is 59.7 Å². The predicted molar refractivity (Wildman–Crippen MR) is 82.4 cm³/mol. The van der Waals surface area contributed by atoms with Crippen LogP contribution in [-0.2, 0) is 6.42 Å². The standard InChI is InChI=1S/C17H15NS/c1-2-5-14(6-3-1)10-12-19-16-8-9-17-15(13-16)7-4-11-18-17/h1-3,5-6,8-9,13,18H,4,7,11H2. The average Bonchev–Trinajstić information content (AvgIpc) is 2.48. The number of benzene rings is 2. The summed E-state index contributed by atoms with van der Waals surface area (Å²) in [6.45, 7) is 1.09. The number of anilines is 1. The maximum atomic E-state index is 3.43. The number of hydrogen-bond donors (Lipinski definition) is 1. The van der Waals surface area contributed by atoms with Crippen LogP contribution in [0.15, 0.2) is 53.4 Å². The molecule has 3 rings (SSSR count). The Labute approximate surface area is 118 Å². The van der Waals surface area contributed by atoms with Crippen LogP contribution in [0.2, 0.25) is 0 Å². The van der Waals surface area contributed by atoms with E-state index in [1.165, 1.54) is 29.0 Å². The fourth-order valence-corrected chi connectivity index (χ4v) is 2.80. The number of hydrogen-bond acceptors (Lipinski definition) is 2. The van der Waals surface area contributed by atoms with E-state index in [1.54, 1.807) is 11.8 Å². The Hall–Kier alpha value is -1.85. The number of aryl methyl sites for hydroxylation is 1. The minimum absolute atomic E-state index is 1.06. The fourth-order valence-electron chi connectivity index (χ4n) is 2.18. The zero-order chi connectivity index (χ0) is 12.9. The summed E-state index contributed by atoms with van der Waals surface area (Å²) in [7, 11) is 0. The number of fused-ring (bicyclic) bond motifs is 1. The van der Waals surface area contributed by atoms with Crippen LogP contribution in [0.1, 0.15) is 17.5 Å². The molecule has 0 saturated heterocycles. The van der Waals surface area contributed by atoms with Gasteiger partial charge in [0.2, 0.25) is 0 Å². The van der Waals surface area contributed by atoms with Crippen molar-refractivity contribution in [1.29, 1.82) is 0 Å². The third-order valence-electron chi connectivity index (χ3n) is 3.15. The monoisotopic (exact) mass is 265 g/mol. The van der Waals surface area contributed by atoms with E-state index in [2.05, 4.69) is 34.7 Å². The first-order valence-corrected chi connectivity index (χ1v) is 7.33. The summed E-state index contributed by atoms with van der Waals surface area (Å²) in [5.74, 6) is 3.17. The van der Waals surface area contributed by atoms with Gasteiger partial charge in [-0.05, 0) is 65.8 Å². The second-order valence-corrected chi connectivity index (χ2v) is 5.42. The molecule has 0 amide bonds. The molecule has 0 aromatic heterocycles. The van der Waals surface area contributed by atoms with E-state index < -0.39 is 0 Å². The minimum Gasteiger partial charge on any atom is -0.385 e. The quantitative estimate of drug-likeness (QED) is 0.614. The highest BCUT2D eigenvalue weighted by Crippen LogP contribution is 2.27. The molecule has 0 aliphatic carbocycles. The van der Waals surface area contributed by atoms with Crippen molar-refractivity contribution < 1.29 is 0 Å². The lowest BCUT2D eigenvalue weighted by atomic mass is 10.0. The van der Waals surface area contributed by atoms with Crippen molar-refractivity contribution in [2.75, 3.05) is 11.9 Å². The molecule has 1 aliphatic heterocycles. The normalized spacial score (nSPS) is 12.8. The molecule has 2 aromatic carbocycles. The number of rotatable bonds is 1. The molecule has 1 aliphatic rings. The molecule has 0 radical (unpaired) electrons. The lowest BCUT2D eigenvalue weighted by Crippen LogP contribution is -2.11. The van der Waals surface area contributed by atoms with Crippen molar-refractivity contribution >= 4 is 17.4 Å². The van der Waals surface area contributed by atoms with Gasteiger partial charge in [-0.15, -0.1) is 0 Å². The van der Waals surface area contributed by atoms with Gasteiger partial charge < -0.3 is 5.32 Å². The predicted octanol–water partition coefficient (Wildman–Crippen LogP) is 4.15. The molecule has 0 spiro atoms. The van der Waals surface area contributed by atoms with Gasteiger partial charge in [-0.2, -0.15) is 0 Å². The topological polar surface area (TPSA) is 12.0 Å². The van der Waals surface area contributed by atoms with Gasteiger partial charge >= 0.3 is 0 Å². The summed E-state index contributed by atoms with van der Waals surface area (Å²) in [6.07, 6.45) is 2.39. The Kier molecular flexibility index (Phi) is 3.76. The lowest BCUT2D eigenvalue weighted by Gasteiger charge is -2.17. The van der Waals surface area contributed by atoms with Gasteiger partial charge in [-0.3, -0.25) is 0 Å². The second-order valence-electron chi connectivity index (χ2n) is 4.54. The smallest absolute Gasteiger partial charge is 0.0373 e. The zero-order valence-corrected chi connectivity index (χ0v) is 11.5. The van der Waals surface area contributed by atoms with Gasteiger partial charge in [0.25, 0.3) is 0 Å². The van der Waals surface area contributed by atoms with E-state index in [0.717, 1.165) is 12.1 Å². The summed E-state index contributed by atoms with van der Waals surface area (Å²) in [5.41, 5.74) is 3.76. The lowest BCUT2D eigenvalue weighted by molar-refractivity contribution is 0.827. The Morgan fingerprint density at radius 1 is 1.05 bits per heavy atom.